The molecule has 0 bridgehead atoms. The molecule has 0 aliphatic carbocycles. The second kappa shape index (κ2) is 4.60. The maximum absolute atomic E-state index is 5.32. The molecule has 0 unspecified atom stereocenters. The van der Waals surface area contributed by atoms with Crippen LogP contribution >= 0.6 is 23.3 Å². The number of anilines is 1. The van der Waals surface area contributed by atoms with Gasteiger partial charge in [0, 0.05) is 36.7 Å². The molecular weight excluding hydrogens is 232 g/mol. The third-order valence-electron chi connectivity index (χ3n) is 1.80. The Morgan fingerprint density at radius 3 is 3.20 bits per heavy atom. The SMILES string of the molecule is Cn1ccnc1SCc1nnsc1NN. The second-order valence-electron chi connectivity index (χ2n) is 2.80. The summed E-state index contributed by atoms with van der Waals surface area (Å²) in [5, 5.41) is 5.74. The van der Waals surface area contributed by atoms with Crippen molar-refractivity contribution in [2.75, 3.05) is 5.43 Å². The second-order valence-corrected chi connectivity index (χ2v) is 4.50. The highest BCUT2D eigenvalue weighted by molar-refractivity contribution is 7.98. The van der Waals surface area contributed by atoms with Crippen LogP contribution in [0.4, 0.5) is 5.00 Å². The highest BCUT2D eigenvalue weighted by Crippen LogP contribution is 2.25. The standard InChI is InChI=1S/C7H10N6S2/c1-13-3-2-9-7(13)14-4-5-6(10-8)15-12-11-5/h2-3,10H,4,8H2,1H3. The summed E-state index contributed by atoms with van der Waals surface area (Å²) in [5.74, 6) is 6.03. The molecule has 0 aliphatic rings. The van der Waals surface area contributed by atoms with Crippen LogP contribution in [0, 0.1) is 0 Å². The lowest BCUT2D eigenvalue weighted by Crippen LogP contribution is -2.06. The van der Waals surface area contributed by atoms with Crippen molar-refractivity contribution in [2.24, 2.45) is 12.9 Å². The monoisotopic (exact) mass is 242 g/mol. The van der Waals surface area contributed by atoms with Crippen LogP contribution in [-0.4, -0.2) is 19.1 Å². The van der Waals surface area contributed by atoms with Crippen LogP contribution in [0.25, 0.3) is 0 Å². The van der Waals surface area contributed by atoms with E-state index in [4.69, 9.17) is 5.84 Å². The van der Waals surface area contributed by atoms with Crippen molar-refractivity contribution in [3.05, 3.63) is 18.1 Å². The number of rotatable bonds is 4. The predicted molar refractivity (Wildman–Crippen MR) is 60.5 cm³/mol. The molecule has 0 saturated heterocycles. The lowest BCUT2D eigenvalue weighted by molar-refractivity contribution is 0.789. The first-order valence-corrected chi connectivity index (χ1v) is 5.95. The molecule has 0 fully saturated rings. The average molecular weight is 242 g/mol. The van der Waals surface area contributed by atoms with Crippen LogP contribution in [0.5, 0.6) is 0 Å². The Morgan fingerprint density at radius 1 is 1.67 bits per heavy atom. The van der Waals surface area contributed by atoms with Crippen molar-refractivity contribution < 1.29 is 0 Å². The summed E-state index contributed by atoms with van der Waals surface area (Å²) in [5.41, 5.74) is 3.43. The van der Waals surface area contributed by atoms with Gasteiger partial charge in [-0.25, -0.2) is 10.8 Å². The molecule has 2 aromatic rings. The number of nitrogens with zero attached hydrogens (tertiary/aromatic N) is 4. The van der Waals surface area contributed by atoms with E-state index in [1.807, 2.05) is 17.8 Å². The third-order valence-corrected chi connectivity index (χ3v) is 3.57. The molecule has 0 atom stereocenters. The van der Waals surface area contributed by atoms with Crippen LogP contribution < -0.4 is 11.3 Å². The summed E-state index contributed by atoms with van der Waals surface area (Å²) in [6, 6.07) is 0. The van der Waals surface area contributed by atoms with E-state index in [1.165, 1.54) is 11.5 Å². The minimum absolute atomic E-state index is 0.709. The van der Waals surface area contributed by atoms with Crippen LogP contribution in [0.15, 0.2) is 17.6 Å². The Balaban J connectivity index is 2.02. The number of nitrogen functional groups attached to an aromatic ring is 1. The van der Waals surface area contributed by atoms with Gasteiger partial charge in [-0.15, -0.1) is 5.10 Å². The lowest BCUT2D eigenvalue weighted by Gasteiger charge is -2.00. The van der Waals surface area contributed by atoms with Crippen LogP contribution in [0.3, 0.4) is 0 Å². The summed E-state index contributed by atoms with van der Waals surface area (Å²) >= 11 is 2.85. The van der Waals surface area contributed by atoms with Gasteiger partial charge in [0.1, 0.15) is 10.7 Å². The summed E-state index contributed by atoms with van der Waals surface area (Å²) in [6.45, 7) is 0. The number of hydrazine groups is 1. The van der Waals surface area contributed by atoms with E-state index in [0.29, 0.717) is 5.75 Å². The molecule has 15 heavy (non-hydrogen) atoms. The van der Waals surface area contributed by atoms with E-state index < -0.39 is 0 Å². The molecule has 80 valence electrons. The molecule has 0 aromatic carbocycles. The molecule has 0 radical (unpaired) electrons. The molecule has 2 rings (SSSR count). The Morgan fingerprint density at radius 2 is 2.53 bits per heavy atom. The van der Waals surface area contributed by atoms with Crippen molar-refractivity contribution in [2.45, 2.75) is 10.9 Å². The van der Waals surface area contributed by atoms with Gasteiger partial charge in [-0.1, -0.05) is 16.3 Å². The molecule has 0 aliphatic heterocycles. The largest absolute Gasteiger partial charge is 0.329 e. The van der Waals surface area contributed by atoms with Gasteiger partial charge in [-0.05, 0) is 0 Å². The number of aromatic nitrogens is 4. The number of hydrogen-bond donors (Lipinski definition) is 2. The number of aryl methyl sites for hydroxylation is 1. The number of hydrogen-bond acceptors (Lipinski definition) is 7. The zero-order chi connectivity index (χ0) is 10.7. The Bertz CT molecular complexity index is 436. The Kier molecular flexibility index (Phi) is 3.19. The van der Waals surface area contributed by atoms with Gasteiger partial charge in [0.05, 0.1) is 0 Å². The zero-order valence-electron chi connectivity index (χ0n) is 8.04. The first-order valence-electron chi connectivity index (χ1n) is 4.19. The molecule has 6 nitrogen and oxygen atoms in total. The molecule has 3 N–H and O–H groups in total. The van der Waals surface area contributed by atoms with Crippen molar-refractivity contribution in [1.29, 1.82) is 0 Å². The van der Waals surface area contributed by atoms with Crippen LogP contribution in [0.2, 0.25) is 0 Å². The number of nitrogens with one attached hydrogen (secondary N) is 1. The predicted octanol–water partition coefficient (Wildman–Crippen LogP) is 0.849. The lowest BCUT2D eigenvalue weighted by atomic mass is 10.5. The van der Waals surface area contributed by atoms with E-state index in [1.54, 1.807) is 18.0 Å². The van der Waals surface area contributed by atoms with Gasteiger partial charge in [0.25, 0.3) is 0 Å². The highest BCUT2D eigenvalue weighted by Gasteiger charge is 2.08. The summed E-state index contributed by atoms with van der Waals surface area (Å²) < 4.78 is 5.78. The topological polar surface area (TPSA) is 81.7 Å². The summed E-state index contributed by atoms with van der Waals surface area (Å²) in [4.78, 5) is 4.20. The zero-order valence-corrected chi connectivity index (χ0v) is 9.68. The maximum atomic E-state index is 5.32. The van der Waals surface area contributed by atoms with Crippen LogP contribution in [-0.2, 0) is 12.8 Å². The molecule has 0 spiro atoms. The van der Waals surface area contributed by atoms with Gasteiger partial charge in [-0.3, -0.25) is 0 Å². The molecule has 2 heterocycles. The summed E-state index contributed by atoms with van der Waals surface area (Å²) in [6.07, 6.45) is 3.67. The number of thioether (sulfide) groups is 1. The van der Waals surface area contributed by atoms with Gasteiger partial charge < -0.3 is 9.99 Å². The quantitative estimate of drug-likeness (QED) is 0.470. The molecule has 2 aromatic heterocycles. The third kappa shape index (κ3) is 2.28. The molecular formula is C7H10N6S2. The minimum atomic E-state index is 0.709. The molecule has 0 saturated carbocycles. The van der Waals surface area contributed by atoms with E-state index in [9.17, 15) is 0 Å². The van der Waals surface area contributed by atoms with E-state index in [0.717, 1.165) is 15.9 Å². The van der Waals surface area contributed by atoms with Crippen molar-refractivity contribution in [1.82, 2.24) is 19.1 Å². The van der Waals surface area contributed by atoms with Crippen molar-refractivity contribution in [3.63, 3.8) is 0 Å². The normalized spacial score (nSPS) is 10.5. The van der Waals surface area contributed by atoms with Gasteiger partial charge in [-0.2, -0.15) is 0 Å². The first kappa shape index (κ1) is 10.4. The summed E-state index contributed by atoms with van der Waals surface area (Å²) in [7, 11) is 1.96. The fraction of sp³-hybridized carbons (Fsp3) is 0.286. The number of imidazole rings is 1. The Hall–Kier alpha value is -1.12. The fourth-order valence-corrected chi connectivity index (χ4v) is 2.49. The number of nitrogens with two attached hydrogens (primary N) is 1. The van der Waals surface area contributed by atoms with Gasteiger partial charge >= 0.3 is 0 Å². The molecule has 8 heteroatoms. The van der Waals surface area contributed by atoms with Crippen LogP contribution in [0.1, 0.15) is 5.69 Å². The molecule has 0 amide bonds. The highest BCUT2D eigenvalue weighted by atomic mass is 32.2. The van der Waals surface area contributed by atoms with Gasteiger partial charge in [0.15, 0.2) is 5.16 Å². The maximum Gasteiger partial charge on any atom is 0.168 e. The minimum Gasteiger partial charge on any atom is -0.329 e. The van der Waals surface area contributed by atoms with Crippen molar-refractivity contribution in [3.8, 4) is 0 Å². The first-order chi connectivity index (χ1) is 7.31. The van der Waals surface area contributed by atoms with Gasteiger partial charge in [0.2, 0.25) is 0 Å². The van der Waals surface area contributed by atoms with E-state index in [2.05, 4.69) is 20.0 Å². The van der Waals surface area contributed by atoms with E-state index in [-0.39, 0.29) is 0 Å². The Labute approximate surface area is 95.0 Å². The van der Waals surface area contributed by atoms with Crippen molar-refractivity contribution >= 4 is 28.3 Å². The fourth-order valence-electron chi connectivity index (χ4n) is 1.04. The average Bonchev–Trinajstić information content (AvgIpc) is 2.83. The van der Waals surface area contributed by atoms with E-state index >= 15 is 0 Å². The smallest absolute Gasteiger partial charge is 0.168 e.